The molecule has 80 valence electrons. The number of rotatable bonds is 4. The first kappa shape index (κ1) is 11.7. The van der Waals surface area contributed by atoms with E-state index in [0.717, 1.165) is 25.2 Å². The fourth-order valence-corrected chi connectivity index (χ4v) is 1.52. The molecule has 0 heterocycles. The number of hydrogen-bond donors (Lipinski definition) is 0. The highest BCUT2D eigenvalue weighted by Gasteiger charge is 2.02. The number of ether oxygens (including phenoxy) is 1. The highest BCUT2D eigenvalue weighted by Crippen LogP contribution is 2.21. The zero-order valence-corrected chi connectivity index (χ0v) is 9.76. The van der Waals surface area contributed by atoms with Crippen molar-refractivity contribution in [3.63, 3.8) is 0 Å². The maximum atomic E-state index is 5.57. The van der Waals surface area contributed by atoms with Crippen LogP contribution in [-0.4, -0.2) is 6.61 Å². The predicted octanol–water partition coefficient (Wildman–Crippen LogP) is 3.35. The summed E-state index contributed by atoms with van der Waals surface area (Å²) in [5.74, 6) is 6.99. The first-order valence-corrected chi connectivity index (χ1v) is 5.40. The molecule has 0 fully saturated rings. The average Bonchev–Trinajstić information content (AvgIpc) is 2.22. The minimum Gasteiger partial charge on any atom is -0.494 e. The zero-order valence-electron chi connectivity index (χ0n) is 9.76. The molecule has 0 unspecified atom stereocenters. The SMILES string of the molecule is CC#CCCc1cc(C)ccc1OCC. The smallest absolute Gasteiger partial charge is 0.122 e. The summed E-state index contributed by atoms with van der Waals surface area (Å²) in [6.45, 7) is 6.70. The molecule has 1 aromatic rings. The van der Waals surface area contributed by atoms with Gasteiger partial charge in [0, 0.05) is 6.42 Å². The van der Waals surface area contributed by atoms with E-state index in [0.29, 0.717) is 0 Å². The lowest BCUT2D eigenvalue weighted by Crippen LogP contribution is -1.97. The summed E-state index contributed by atoms with van der Waals surface area (Å²) in [5.41, 5.74) is 2.54. The molecule has 1 heteroatoms. The van der Waals surface area contributed by atoms with Gasteiger partial charge in [0.1, 0.15) is 5.75 Å². The molecule has 0 aliphatic heterocycles. The van der Waals surface area contributed by atoms with E-state index in [9.17, 15) is 0 Å². The Labute approximate surface area is 92.5 Å². The Morgan fingerprint density at radius 3 is 2.80 bits per heavy atom. The molecule has 0 aliphatic rings. The quantitative estimate of drug-likeness (QED) is 0.680. The van der Waals surface area contributed by atoms with Crippen LogP contribution in [0.25, 0.3) is 0 Å². The van der Waals surface area contributed by atoms with Crippen LogP contribution in [0.15, 0.2) is 18.2 Å². The van der Waals surface area contributed by atoms with Crippen LogP contribution < -0.4 is 4.74 Å². The van der Waals surface area contributed by atoms with Crippen molar-refractivity contribution in [2.75, 3.05) is 6.61 Å². The molecule has 0 saturated carbocycles. The molecule has 0 aliphatic carbocycles. The summed E-state index contributed by atoms with van der Waals surface area (Å²) < 4.78 is 5.57. The summed E-state index contributed by atoms with van der Waals surface area (Å²) in [4.78, 5) is 0. The van der Waals surface area contributed by atoms with Gasteiger partial charge in [0.05, 0.1) is 6.61 Å². The van der Waals surface area contributed by atoms with Gasteiger partial charge in [0.15, 0.2) is 0 Å². The Bertz CT molecular complexity index is 369. The van der Waals surface area contributed by atoms with Crippen molar-refractivity contribution in [2.45, 2.75) is 33.6 Å². The summed E-state index contributed by atoms with van der Waals surface area (Å²) in [6, 6.07) is 6.32. The number of benzene rings is 1. The van der Waals surface area contributed by atoms with Gasteiger partial charge in [0.2, 0.25) is 0 Å². The second-order valence-corrected chi connectivity index (χ2v) is 3.47. The lowest BCUT2D eigenvalue weighted by atomic mass is 10.1. The summed E-state index contributed by atoms with van der Waals surface area (Å²) in [6.07, 6.45) is 1.87. The summed E-state index contributed by atoms with van der Waals surface area (Å²) in [7, 11) is 0. The molecular formula is C14H18O. The normalized spacial score (nSPS) is 9.27. The van der Waals surface area contributed by atoms with Gasteiger partial charge in [-0.15, -0.1) is 11.8 Å². The Balaban J connectivity index is 2.79. The molecule has 0 atom stereocenters. The Morgan fingerprint density at radius 2 is 2.13 bits per heavy atom. The van der Waals surface area contributed by atoms with Crippen molar-refractivity contribution >= 4 is 0 Å². The van der Waals surface area contributed by atoms with Crippen LogP contribution in [0.2, 0.25) is 0 Å². The summed E-state index contributed by atoms with van der Waals surface area (Å²) in [5, 5.41) is 0. The fourth-order valence-electron chi connectivity index (χ4n) is 1.52. The topological polar surface area (TPSA) is 9.23 Å². The summed E-state index contributed by atoms with van der Waals surface area (Å²) >= 11 is 0. The largest absolute Gasteiger partial charge is 0.494 e. The maximum absolute atomic E-state index is 5.57. The standard InChI is InChI=1S/C14H18O/c1-4-6-7-8-13-11-12(3)9-10-14(13)15-5-2/h9-11H,5,7-8H2,1-3H3. The molecule has 0 N–H and O–H groups in total. The van der Waals surface area contributed by atoms with Gasteiger partial charge in [-0.05, 0) is 38.8 Å². The highest BCUT2D eigenvalue weighted by molar-refractivity contribution is 5.37. The Morgan fingerprint density at radius 1 is 1.33 bits per heavy atom. The van der Waals surface area contributed by atoms with Crippen LogP contribution in [0, 0.1) is 18.8 Å². The van der Waals surface area contributed by atoms with E-state index in [-0.39, 0.29) is 0 Å². The van der Waals surface area contributed by atoms with E-state index in [1.165, 1.54) is 11.1 Å². The van der Waals surface area contributed by atoms with E-state index in [2.05, 4.69) is 30.9 Å². The molecule has 0 radical (unpaired) electrons. The minimum absolute atomic E-state index is 0.718. The van der Waals surface area contributed by atoms with Crippen LogP contribution in [0.4, 0.5) is 0 Å². The van der Waals surface area contributed by atoms with Crippen molar-refractivity contribution < 1.29 is 4.74 Å². The van der Waals surface area contributed by atoms with Crippen molar-refractivity contribution in [1.29, 1.82) is 0 Å². The maximum Gasteiger partial charge on any atom is 0.122 e. The van der Waals surface area contributed by atoms with Crippen LogP contribution in [-0.2, 0) is 6.42 Å². The number of aryl methyl sites for hydroxylation is 2. The molecule has 1 nitrogen and oxygen atoms in total. The van der Waals surface area contributed by atoms with Crippen LogP contribution in [0.1, 0.15) is 31.4 Å². The van der Waals surface area contributed by atoms with Crippen molar-refractivity contribution in [3.8, 4) is 17.6 Å². The van der Waals surface area contributed by atoms with Gasteiger partial charge >= 0.3 is 0 Å². The molecule has 1 rings (SSSR count). The molecule has 0 spiro atoms. The Kier molecular flexibility index (Phi) is 4.77. The van der Waals surface area contributed by atoms with Crippen molar-refractivity contribution in [1.82, 2.24) is 0 Å². The van der Waals surface area contributed by atoms with Gasteiger partial charge in [-0.2, -0.15) is 0 Å². The monoisotopic (exact) mass is 202 g/mol. The van der Waals surface area contributed by atoms with E-state index < -0.39 is 0 Å². The number of hydrogen-bond acceptors (Lipinski definition) is 1. The van der Waals surface area contributed by atoms with Gasteiger partial charge < -0.3 is 4.74 Å². The predicted molar refractivity (Wildman–Crippen MR) is 64.1 cm³/mol. The third-order valence-corrected chi connectivity index (χ3v) is 2.21. The second kappa shape index (κ2) is 6.14. The van der Waals surface area contributed by atoms with Gasteiger partial charge in [-0.3, -0.25) is 0 Å². The molecule has 0 amide bonds. The van der Waals surface area contributed by atoms with Gasteiger partial charge in [-0.25, -0.2) is 0 Å². The van der Waals surface area contributed by atoms with Gasteiger partial charge in [-0.1, -0.05) is 17.7 Å². The molecule has 15 heavy (non-hydrogen) atoms. The molecule has 0 bridgehead atoms. The van der Waals surface area contributed by atoms with Gasteiger partial charge in [0.25, 0.3) is 0 Å². The van der Waals surface area contributed by atoms with E-state index in [1.54, 1.807) is 0 Å². The van der Waals surface area contributed by atoms with Crippen LogP contribution in [0.3, 0.4) is 0 Å². The molecule has 1 aromatic carbocycles. The highest BCUT2D eigenvalue weighted by atomic mass is 16.5. The van der Waals surface area contributed by atoms with E-state index in [1.807, 2.05) is 19.9 Å². The van der Waals surface area contributed by atoms with Crippen LogP contribution in [0.5, 0.6) is 5.75 Å². The first-order chi connectivity index (χ1) is 7.27. The van der Waals surface area contributed by atoms with Crippen molar-refractivity contribution in [3.05, 3.63) is 29.3 Å². The van der Waals surface area contributed by atoms with Crippen molar-refractivity contribution in [2.24, 2.45) is 0 Å². The zero-order chi connectivity index (χ0) is 11.1. The second-order valence-electron chi connectivity index (χ2n) is 3.47. The lowest BCUT2D eigenvalue weighted by molar-refractivity contribution is 0.336. The first-order valence-electron chi connectivity index (χ1n) is 5.40. The van der Waals surface area contributed by atoms with Crippen LogP contribution >= 0.6 is 0 Å². The molecular weight excluding hydrogens is 184 g/mol. The van der Waals surface area contributed by atoms with E-state index in [4.69, 9.17) is 4.74 Å². The molecule has 0 aromatic heterocycles. The lowest BCUT2D eigenvalue weighted by Gasteiger charge is -2.09. The fraction of sp³-hybridized carbons (Fsp3) is 0.429. The Hall–Kier alpha value is -1.42. The molecule has 0 saturated heterocycles. The average molecular weight is 202 g/mol. The van der Waals surface area contributed by atoms with E-state index >= 15 is 0 Å². The third-order valence-electron chi connectivity index (χ3n) is 2.21. The third kappa shape index (κ3) is 3.67. The minimum atomic E-state index is 0.718.